The fraction of sp³-hybridized carbons (Fsp3) is 0.583. The van der Waals surface area contributed by atoms with Gasteiger partial charge in [-0.3, -0.25) is 14.5 Å². The van der Waals surface area contributed by atoms with Gasteiger partial charge in [0.25, 0.3) is 5.91 Å². The van der Waals surface area contributed by atoms with Crippen molar-refractivity contribution in [1.29, 1.82) is 0 Å². The number of nitrogens with zero attached hydrogens (tertiary/aromatic N) is 5. The molecule has 0 spiro atoms. The highest BCUT2D eigenvalue weighted by Crippen LogP contribution is 2.16. The molecule has 9 heteroatoms. The summed E-state index contributed by atoms with van der Waals surface area (Å²) in [5.41, 5.74) is 0.668. The average molecular weight is 456 g/mol. The zero-order chi connectivity index (χ0) is 23.0. The zero-order valence-electron chi connectivity index (χ0n) is 19.4. The molecule has 33 heavy (non-hydrogen) atoms. The van der Waals surface area contributed by atoms with E-state index in [1.54, 1.807) is 31.4 Å². The van der Waals surface area contributed by atoms with Gasteiger partial charge in [-0.1, -0.05) is 18.0 Å². The van der Waals surface area contributed by atoms with Gasteiger partial charge in [-0.05, 0) is 37.1 Å². The van der Waals surface area contributed by atoms with Crippen molar-refractivity contribution >= 4 is 11.8 Å². The molecule has 0 bridgehead atoms. The average Bonchev–Trinajstić information content (AvgIpc) is 3.12. The molecule has 0 saturated carbocycles. The summed E-state index contributed by atoms with van der Waals surface area (Å²) < 4.78 is 10.5. The number of carbonyl (C=O) groups excluding carboxylic acids is 2. The summed E-state index contributed by atoms with van der Waals surface area (Å²) in [6.07, 6.45) is 5.49. The lowest BCUT2D eigenvalue weighted by atomic mass is 10.1. The number of benzene rings is 1. The lowest BCUT2D eigenvalue weighted by Gasteiger charge is -2.34. The van der Waals surface area contributed by atoms with E-state index in [2.05, 4.69) is 15.0 Å². The molecule has 4 rings (SSSR count). The minimum Gasteiger partial charge on any atom is -0.497 e. The number of likely N-dealkylation sites (tertiary alicyclic amines) is 1. The third-order valence-corrected chi connectivity index (χ3v) is 6.38. The van der Waals surface area contributed by atoms with Crippen LogP contribution in [0.3, 0.4) is 0 Å². The Hall–Kier alpha value is -2.94. The Balaban J connectivity index is 1.20. The van der Waals surface area contributed by atoms with Crippen molar-refractivity contribution in [2.24, 2.45) is 0 Å². The first-order chi connectivity index (χ1) is 16.1. The van der Waals surface area contributed by atoms with Crippen LogP contribution in [0.25, 0.3) is 0 Å². The number of amides is 2. The molecule has 1 aromatic heterocycles. The molecule has 2 aliphatic rings. The fourth-order valence-corrected chi connectivity index (χ4v) is 4.37. The first-order valence-electron chi connectivity index (χ1n) is 11.9. The van der Waals surface area contributed by atoms with E-state index in [1.807, 2.05) is 9.80 Å². The van der Waals surface area contributed by atoms with Crippen LogP contribution in [0, 0.1) is 0 Å². The number of rotatable bonds is 7. The Morgan fingerprint density at radius 3 is 2.30 bits per heavy atom. The van der Waals surface area contributed by atoms with Crippen LogP contribution in [0.4, 0.5) is 0 Å². The predicted molar refractivity (Wildman–Crippen MR) is 122 cm³/mol. The van der Waals surface area contributed by atoms with Gasteiger partial charge in [0.05, 0.1) is 13.7 Å². The first kappa shape index (κ1) is 23.2. The van der Waals surface area contributed by atoms with E-state index in [0.717, 1.165) is 44.8 Å². The van der Waals surface area contributed by atoms with Gasteiger partial charge in [-0.25, -0.2) is 0 Å². The summed E-state index contributed by atoms with van der Waals surface area (Å²) in [7, 11) is 1.61. The highest BCUT2D eigenvalue weighted by atomic mass is 16.5. The van der Waals surface area contributed by atoms with Gasteiger partial charge in [0.1, 0.15) is 5.75 Å². The molecule has 9 nitrogen and oxygen atoms in total. The van der Waals surface area contributed by atoms with Crippen LogP contribution in [0.15, 0.2) is 28.8 Å². The monoisotopic (exact) mass is 455 g/mol. The second-order valence-corrected chi connectivity index (χ2v) is 8.70. The third kappa shape index (κ3) is 6.31. The summed E-state index contributed by atoms with van der Waals surface area (Å²) in [5.74, 6) is 2.09. The highest BCUT2D eigenvalue weighted by molar-refractivity contribution is 5.94. The number of aryl methyl sites for hydroxylation is 1. The Bertz CT molecular complexity index is 913. The summed E-state index contributed by atoms with van der Waals surface area (Å²) in [4.78, 5) is 35.7. The van der Waals surface area contributed by atoms with Crippen LogP contribution in [0.5, 0.6) is 5.75 Å². The molecule has 2 aliphatic heterocycles. The second-order valence-electron chi connectivity index (χ2n) is 8.70. The quantitative estimate of drug-likeness (QED) is 0.633. The van der Waals surface area contributed by atoms with Gasteiger partial charge < -0.3 is 19.1 Å². The molecule has 0 aliphatic carbocycles. The van der Waals surface area contributed by atoms with Crippen molar-refractivity contribution in [3.8, 4) is 5.75 Å². The Kier molecular flexibility index (Phi) is 7.93. The van der Waals surface area contributed by atoms with Crippen LogP contribution in [-0.2, 0) is 17.8 Å². The zero-order valence-corrected chi connectivity index (χ0v) is 19.4. The Morgan fingerprint density at radius 1 is 0.939 bits per heavy atom. The van der Waals surface area contributed by atoms with E-state index >= 15 is 0 Å². The number of hydrogen-bond donors (Lipinski definition) is 0. The van der Waals surface area contributed by atoms with Gasteiger partial charge in [0.15, 0.2) is 5.82 Å². The van der Waals surface area contributed by atoms with E-state index in [0.29, 0.717) is 49.8 Å². The van der Waals surface area contributed by atoms with Gasteiger partial charge in [-0.15, -0.1) is 0 Å². The number of hydrogen-bond acceptors (Lipinski definition) is 7. The predicted octanol–water partition coefficient (Wildman–Crippen LogP) is 2.37. The Labute approximate surface area is 194 Å². The van der Waals surface area contributed by atoms with E-state index in [1.165, 1.54) is 12.8 Å². The lowest BCUT2D eigenvalue weighted by Crippen LogP contribution is -2.48. The number of aromatic nitrogens is 2. The van der Waals surface area contributed by atoms with Crippen molar-refractivity contribution in [2.45, 2.75) is 45.1 Å². The maximum Gasteiger partial charge on any atom is 0.253 e. The second kappa shape index (κ2) is 11.3. The SMILES string of the molecule is COc1ccc(C(=O)N2CCN(Cc3noc(CCC(=O)N4CCCCCC4)n3)CC2)cc1. The molecule has 0 N–H and O–H groups in total. The number of carbonyl (C=O) groups is 2. The van der Waals surface area contributed by atoms with Gasteiger partial charge in [0, 0.05) is 57.7 Å². The molecule has 2 saturated heterocycles. The largest absolute Gasteiger partial charge is 0.497 e. The normalized spacial score (nSPS) is 17.6. The van der Waals surface area contributed by atoms with Gasteiger partial charge in [-0.2, -0.15) is 4.98 Å². The topological polar surface area (TPSA) is 92.0 Å². The molecule has 0 unspecified atom stereocenters. The van der Waals surface area contributed by atoms with Crippen molar-refractivity contribution in [2.75, 3.05) is 46.4 Å². The van der Waals surface area contributed by atoms with Crippen molar-refractivity contribution in [1.82, 2.24) is 24.8 Å². The molecular weight excluding hydrogens is 422 g/mol. The van der Waals surface area contributed by atoms with Crippen molar-refractivity contribution in [3.63, 3.8) is 0 Å². The molecule has 1 aromatic carbocycles. The lowest BCUT2D eigenvalue weighted by molar-refractivity contribution is -0.131. The summed E-state index contributed by atoms with van der Waals surface area (Å²) in [6.45, 7) is 5.11. The van der Waals surface area contributed by atoms with Crippen LogP contribution in [0.1, 0.15) is 54.2 Å². The minimum absolute atomic E-state index is 0.0354. The van der Waals surface area contributed by atoms with Crippen LogP contribution < -0.4 is 4.74 Å². The maximum absolute atomic E-state index is 12.7. The minimum atomic E-state index is 0.0354. The van der Waals surface area contributed by atoms with E-state index < -0.39 is 0 Å². The summed E-state index contributed by atoms with van der Waals surface area (Å²) >= 11 is 0. The standard InChI is InChI=1S/C24H33N5O4/c1-32-20-8-6-19(7-9-20)24(31)29-16-14-27(15-17-29)18-21-25-22(33-26-21)10-11-23(30)28-12-4-2-3-5-13-28/h6-9H,2-5,10-18H2,1H3. The number of methoxy groups -OCH3 is 1. The molecule has 3 heterocycles. The van der Waals surface area contributed by atoms with Crippen LogP contribution >= 0.6 is 0 Å². The van der Waals surface area contributed by atoms with E-state index in [-0.39, 0.29) is 11.8 Å². The third-order valence-electron chi connectivity index (χ3n) is 6.38. The number of ether oxygens (including phenoxy) is 1. The smallest absolute Gasteiger partial charge is 0.253 e. The molecule has 0 radical (unpaired) electrons. The van der Waals surface area contributed by atoms with Gasteiger partial charge in [0.2, 0.25) is 11.8 Å². The molecule has 2 amide bonds. The van der Waals surface area contributed by atoms with E-state index in [4.69, 9.17) is 9.26 Å². The molecular formula is C24H33N5O4. The highest BCUT2D eigenvalue weighted by Gasteiger charge is 2.23. The summed E-state index contributed by atoms with van der Waals surface area (Å²) in [6, 6.07) is 7.20. The molecule has 178 valence electrons. The van der Waals surface area contributed by atoms with Crippen molar-refractivity contribution in [3.05, 3.63) is 41.5 Å². The molecule has 0 atom stereocenters. The maximum atomic E-state index is 12.7. The van der Waals surface area contributed by atoms with Gasteiger partial charge >= 0.3 is 0 Å². The molecule has 2 fully saturated rings. The summed E-state index contributed by atoms with van der Waals surface area (Å²) in [5, 5.41) is 4.09. The molecule has 2 aromatic rings. The fourth-order valence-electron chi connectivity index (χ4n) is 4.37. The van der Waals surface area contributed by atoms with Crippen LogP contribution in [0.2, 0.25) is 0 Å². The Morgan fingerprint density at radius 2 is 1.64 bits per heavy atom. The van der Waals surface area contributed by atoms with Crippen LogP contribution in [-0.4, -0.2) is 83.0 Å². The number of piperazine rings is 1. The van der Waals surface area contributed by atoms with Crippen molar-refractivity contribution < 1.29 is 18.8 Å². The van der Waals surface area contributed by atoms with E-state index in [9.17, 15) is 9.59 Å². The first-order valence-corrected chi connectivity index (χ1v) is 11.9.